The van der Waals surface area contributed by atoms with E-state index in [1.165, 1.54) is 40.1 Å². The fraction of sp³-hybridized carbons (Fsp3) is 0.346. The lowest BCUT2D eigenvalue weighted by Crippen LogP contribution is -2.48. The van der Waals surface area contributed by atoms with Crippen molar-refractivity contribution in [3.63, 3.8) is 0 Å². The Morgan fingerprint density at radius 2 is 1.77 bits per heavy atom. The van der Waals surface area contributed by atoms with Gasteiger partial charge in [-0.05, 0) is 35.2 Å². The van der Waals surface area contributed by atoms with Gasteiger partial charge < -0.3 is 5.32 Å². The lowest BCUT2D eigenvalue weighted by molar-refractivity contribution is 0.560. The molecule has 2 nitrogen and oxygen atoms in total. The summed E-state index contributed by atoms with van der Waals surface area (Å²) in [6.45, 7) is 13.3. The Morgan fingerprint density at radius 1 is 1.00 bits per heavy atom. The molecule has 0 aliphatic heterocycles. The van der Waals surface area contributed by atoms with Gasteiger partial charge in [0.2, 0.25) is 0 Å². The van der Waals surface area contributed by atoms with Crippen LogP contribution in [0.1, 0.15) is 23.6 Å². The monoisotopic (exact) mass is 430 g/mol. The molecule has 1 aromatic heterocycles. The maximum atomic E-state index is 4.79. The third-order valence-corrected chi connectivity index (χ3v) is 11.6. The molecule has 0 saturated carbocycles. The average Bonchev–Trinajstić information content (AvgIpc) is 3.13. The maximum Gasteiger partial charge on any atom is 0.111 e. The fourth-order valence-corrected chi connectivity index (χ4v) is 10.9. The smallest absolute Gasteiger partial charge is 0.111 e. The van der Waals surface area contributed by atoms with Crippen LogP contribution in [0.3, 0.4) is 0 Å². The van der Waals surface area contributed by atoms with Crippen molar-refractivity contribution in [2.45, 2.75) is 51.6 Å². The summed E-state index contributed by atoms with van der Waals surface area (Å²) < 4.78 is 0. The Hall–Kier alpha value is -2.02. The number of hydrogen-bond donors (Lipinski definition) is 1. The highest BCUT2D eigenvalue weighted by atomic mass is 28.3. The van der Waals surface area contributed by atoms with Crippen molar-refractivity contribution < 1.29 is 0 Å². The molecule has 1 heterocycles. The second kappa shape index (κ2) is 8.25. The molecule has 1 atom stereocenters. The summed E-state index contributed by atoms with van der Waals surface area (Å²) in [5.41, 5.74) is 6.86. The third kappa shape index (κ3) is 4.36. The largest absolute Gasteiger partial charge is 0.307 e. The lowest BCUT2D eigenvalue weighted by Gasteiger charge is -2.31. The molecular formula is C26H34N2Si2. The second-order valence-corrected chi connectivity index (χ2v) is 19.7. The highest BCUT2D eigenvalue weighted by molar-refractivity contribution is 6.98. The van der Waals surface area contributed by atoms with E-state index in [9.17, 15) is 0 Å². The van der Waals surface area contributed by atoms with E-state index < -0.39 is 16.1 Å². The van der Waals surface area contributed by atoms with Crippen LogP contribution in [0, 0.1) is 0 Å². The van der Waals surface area contributed by atoms with Gasteiger partial charge in [0.25, 0.3) is 0 Å². The summed E-state index contributed by atoms with van der Waals surface area (Å²) in [5.74, 6) is 0. The maximum absolute atomic E-state index is 4.79. The topological polar surface area (TPSA) is 24.9 Å². The molecule has 0 fully saturated rings. The standard InChI is InChI=1S/C26H34N2Si2/c1-29(2,3)19-22(18-28-24-16-15-20-10-6-7-13-23(20)24)30(4,5)25-14-8-11-21-12-9-17-27-26(21)25/h6-14,17,19,24,28H,15-16,18H2,1-5H3/b22-19+. The van der Waals surface area contributed by atoms with Crippen LogP contribution in [-0.4, -0.2) is 27.7 Å². The van der Waals surface area contributed by atoms with Gasteiger partial charge in [0.05, 0.1) is 13.6 Å². The minimum Gasteiger partial charge on any atom is -0.307 e. The van der Waals surface area contributed by atoms with E-state index in [1.54, 1.807) is 5.20 Å². The highest BCUT2D eigenvalue weighted by Crippen LogP contribution is 2.31. The quantitative estimate of drug-likeness (QED) is 0.502. The molecule has 3 aromatic rings. The van der Waals surface area contributed by atoms with Crippen LogP contribution in [0.25, 0.3) is 10.9 Å². The van der Waals surface area contributed by atoms with Crippen LogP contribution in [0.4, 0.5) is 0 Å². The summed E-state index contributed by atoms with van der Waals surface area (Å²) in [5, 5.41) is 8.29. The first-order valence-electron chi connectivity index (χ1n) is 11.1. The van der Waals surface area contributed by atoms with Crippen molar-refractivity contribution in [2.24, 2.45) is 0 Å². The van der Waals surface area contributed by atoms with Crippen molar-refractivity contribution in [1.82, 2.24) is 10.3 Å². The molecule has 2 aromatic carbocycles. The predicted octanol–water partition coefficient (Wildman–Crippen LogP) is 5.77. The van der Waals surface area contributed by atoms with Crippen LogP contribution in [-0.2, 0) is 6.42 Å². The third-order valence-electron chi connectivity index (χ3n) is 6.39. The number of aryl methyl sites for hydroxylation is 1. The van der Waals surface area contributed by atoms with Crippen LogP contribution in [0.2, 0.25) is 32.7 Å². The zero-order valence-corrected chi connectivity index (χ0v) is 21.0. The molecule has 4 heteroatoms. The van der Waals surface area contributed by atoms with E-state index >= 15 is 0 Å². The van der Waals surface area contributed by atoms with Gasteiger partial charge in [-0.3, -0.25) is 4.98 Å². The predicted molar refractivity (Wildman–Crippen MR) is 136 cm³/mol. The Morgan fingerprint density at radius 3 is 2.57 bits per heavy atom. The molecule has 1 aliphatic rings. The summed E-state index contributed by atoms with van der Waals surface area (Å²) in [7, 11) is -3.24. The van der Waals surface area contributed by atoms with Crippen LogP contribution in [0.15, 0.2) is 71.7 Å². The summed E-state index contributed by atoms with van der Waals surface area (Å²) in [6, 6.07) is 20.4. The van der Waals surface area contributed by atoms with Gasteiger partial charge in [-0.1, -0.05) is 92.2 Å². The number of nitrogens with one attached hydrogen (secondary N) is 1. The lowest BCUT2D eigenvalue weighted by atomic mass is 10.1. The van der Waals surface area contributed by atoms with Crippen LogP contribution < -0.4 is 10.5 Å². The number of fused-ring (bicyclic) bond motifs is 2. The number of benzene rings is 2. The zero-order valence-electron chi connectivity index (χ0n) is 19.0. The normalized spacial score (nSPS) is 17.4. The van der Waals surface area contributed by atoms with Gasteiger partial charge in [0.15, 0.2) is 0 Å². The Kier molecular flexibility index (Phi) is 5.84. The molecule has 30 heavy (non-hydrogen) atoms. The highest BCUT2D eigenvalue weighted by Gasteiger charge is 2.32. The Balaban J connectivity index is 1.68. The number of aromatic nitrogens is 1. The van der Waals surface area contributed by atoms with Crippen molar-refractivity contribution in [2.75, 3.05) is 6.54 Å². The van der Waals surface area contributed by atoms with Crippen molar-refractivity contribution in [3.05, 3.63) is 82.8 Å². The molecule has 0 spiro atoms. The Labute approximate surface area is 183 Å². The molecule has 0 saturated heterocycles. The first kappa shape index (κ1) is 21.2. The van der Waals surface area contributed by atoms with Gasteiger partial charge in [0, 0.05) is 24.2 Å². The summed E-state index contributed by atoms with van der Waals surface area (Å²) in [6.07, 6.45) is 4.33. The molecule has 0 radical (unpaired) electrons. The Bertz CT molecular complexity index is 1070. The van der Waals surface area contributed by atoms with E-state index in [-0.39, 0.29) is 0 Å². The molecule has 4 rings (SSSR count). The van der Waals surface area contributed by atoms with Crippen molar-refractivity contribution in [1.29, 1.82) is 0 Å². The van der Waals surface area contributed by atoms with Gasteiger partial charge in [-0.2, -0.15) is 0 Å². The minimum atomic E-state index is -1.88. The van der Waals surface area contributed by atoms with Crippen LogP contribution in [0.5, 0.6) is 0 Å². The van der Waals surface area contributed by atoms with E-state index in [0.29, 0.717) is 6.04 Å². The van der Waals surface area contributed by atoms with Gasteiger partial charge in [0.1, 0.15) is 8.07 Å². The van der Waals surface area contributed by atoms with Gasteiger partial charge >= 0.3 is 0 Å². The molecule has 0 amide bonds. The summed E-state index contributed by atoms with van der Waals surface area (Å²) >= 11 is 0. The van der Waals surface area contributed by atoms with Crippen molar-refractivity contribution in [3.8, 4) is 0 Å². The first-order chi connectivity index (χ1) is 14.3. The van der Waals surface area contributed by atoms with E-state index in [2.05, 4.69) is 92.3 Å². The van der Waals surface area contributed by atoms with E-state index in [0.717, 1.165) is 6.54 Å². The van der Waals surface area contributed by atoms with E-state index in [4.69, 9.17) is 4.98 Å². The fourth-order valence-electron chi connectivity index (χ4n) is 4.76. The molecule has 1 unspecified atom stereocenters. The first-order valence-corrected chi connectivity index (χ1v) is 17.7. The van der Waals surface area contributed by atoms with Crippen molar-refractivity contribution >= 4 is 32.2 Å². The minimum absolute atomic E-state index is 0.474. The van der Waals surface area contributed by atoms with Crippen LogP contribution >= 0.6 is 0 Å². The SMILES string of the molecule is C[Si](C)(C)/C=C(\CNC1CCc2ccccc21)[Si](C)(C)c1cccc2cccnc12. The molecule has 1 N–H and O–H groups in total. The molecular weight excluding hydrogens is 396 g/mol. The molecule has 0 bridgehead atoms. The number of pyridine rings is 1. The van der Waals surface area contributed by atoms with E-state index in [1.807, 2.05) is 12.3 Å². The summed E-state index contributed by atoms with van der Waals surface area (Å²) in [4.78, 5) is 4.79. The van der Waals surface area contributed by atoms with Gasteiger partial charge in [-0.25, -0.2) is 0 Å². The number of hydrogen-bond acceptors (Lipinski definition) is 2. The number of nitrogens with zero attached hydrogens (tertiary/aromatic N) is 1. The molecule has 1 aliphatic carbocycles. The average molecular weight is 431 g/mol. The zero-order chi connectivity index (χ0) is 21.4. The number of rotatable bonds is 6. The number of para-hydroxylation sites is 1. The molecule has 156 valence electrons. The second-order valence-electron chi connectivity index (χ2n) is 10.2. The van der Waals surface area contributed by atoms with Gasteiger partial charge in [-0.15, -0.1) is 0 Å².